The molecule has 16 heavy (non-hydrogen) atoms. The summed E-state index contributed by atoms with van der Waals surface area (Å²) >= 11 is 5.99. The number of halogens is 1. The van der Waals surface area contributed by atoms with Crippen LogP contribution in [0.3, 0.4) is 0 Å². The van der Waals surface area contributed by atoms with Crippen LogP contribution in [0.2, 0.25) is 5.02 Å². The van der Waals surface area contributed by atoms with Crippen molar-refractivity contribution in [3.63, 3.8) is 0 Å². The molecule has 0 aromatic heterocycles. The fourth-order valence-corrected chi connectivity index (χ4v) is 2.21. The van der Waals surface area contributed by atoms with Crippen LogP contribution in [0.15, 0.2) is 18.2 Å². The molecule has 1 aromatic rings. The van der Waals surface area contributed by atoms with Crippen molar-refractivity contribution in [2.75, 3.05) is 5.32 Å². The van der Waals surface area contributed by atoms with Crippen molar-refractivity contribution in [2.24, 2.45) is 5.92 Å². The highest BCUT2D eigenvalue weighted by Crippen LogP contribution is 2.41. The normalized spacial score (nSPS) is 15.6. The third-order valence-corrected chi connectivity index (χ3v) is 3.50. The highest BCUT2D eigenvalue weighted by atomic mass is 35.5. The second-order valence-corrected chi connectivity index (χ2v) is 5.30. The van der Waals surface area contributed by atoms with Gasteiger partial charge in [-0.1, -0.05) is 17.7 Å². The van der Waals surface area contributed by atoms with Gasteiger partial charge in [0.05, 0.1) is 16.3 Å². The second-order valence-electron chi connectivity index (χ2n) is 4.90. The zero-order valence-electron chi connectivity index (χ0n) is 9.55. The lowest BCUT2D eigenvalue weighted by Gasteiger charge is -2.28. The molecule has 0 bridgehead atoms. The van der Waals surface area contributed by atoms with Crippen LogP contribution in [-0.2, 0) is 0 Å². The number of rotatable bonds is 3. The fraction of sp³-hybridized carbons (Fsp3) is 0.462. The first-order valence-corrected chi connectivity index (χ1v) is 5.89. The Balaban J connectivity index is 2.28. The molecule has 84 valence electrons. The maximum Gasteiger partial charge on any atom is 0.103 e. The molecule has 0 aliphatic heterocycles. The van der Waals surface area contributed by atoms with E-state index >= 15 is 0 Å². The molecular weight excluding hydrogens is 220 g/mol. The van der Waals surface area contributed by atoms with Gasteiger partial charge in [0.25, 0.3) is 0 Å². The van der Waals surface area contributed by atoms with Gasteiger partial charge in [-0.05, 0) is 44.7 Å². The summed E-state index contributed by atoms with van der Waals surface area (Å²) in [4.78, 5) is 0. The number of hydrogen-bond donors (Lipinski definition) is 1. The number of nitriles is 1. The summed E-state index contributed by atoms with van der Waals surface area (Å²) in [6.45, 7) is 4.35. The SMILES string of the molecule is CC(C)(Nc1cccc(Cl)c1C#N)C1CC1. The molecule has 1 N–H and O–H groups in total. The zero-order valence-corrected chi connectivity index (χ0v) is 10.3. The van der Waals surface area contributed by atoms with E-state index in [1.54, 1.807) is 6.07 Å². The first kappa shape index (κ1) is 11.3. The number of hydrogen-bond acceptors (Lipinski definition) is 2. The van der Waals surface area contributed by atoms with E-state index in [0.717, 1.165) is 5.69 Å². The van der Waals surface area contributed by atoms with Crippen molar-refractivity contribution in [1.29, 1.82) is 5.26 Å². The molecule has 0 radical (unpaired) electrons. The maximum absolute atomic E-state index is 9.08. The molecule has 1 aliphatic rings. The molecule has 2 rings (SSSR count). The monoisotopic (exact) mass is 234 g/mol. The number of nitrogens with one attached hydrogen (secondary N) is 1. The van der Waals surface area contributed by atoms with E-state index in [4.69, 9.17) is 16.9 Å². The van der Waals surface area contributed by atoms with Crippen molar-refractivity contribution in [3.8, 4) is 6.07 Å². The third-order valence-electron chi connectivity index (χ3n) is 3.18. The van der Waals surface area contributed by atoms with Gasteiger partial charge in [0, 0.05) is 5.54 Å². The molecule has 0 spiro atoms. The minimum atomic E-state index is 0.0380. The van der Waals surface area contributed by atoms with Crippen LogP contribution >= 0.6 is 11.6 Å². The van der Waals surface area contributed by atoms with E-state index in [9.17, 15) is 0 Å². The summed E-state index contributed by atoms with van der Waals surface area (Å²) in [5.74, 6) is 0.707. The van der Waals surface area contributed by atoms with Gasteiger partial charge < -0.3 is 5.32 Å². The molecule has 1 fully saturated rings. The van der Waals surface area contributed by atoms with Crippen molar-refractivity contribution in [3.05, 3.63) is 28.8 Å². The van der Waals surface area contributed by atoms with Crippen molar-refractivity contribution >= 4 is 17.3 Å². The van der Waals surface area contributed by atoms with Crippen LogP contribution in [0, 0.1) is 17.2 Å². The van der Waals surface area contributed by atoms with Crippen LogP contribution in [-0.4, -0.2) is 5.54 Å². The summed E-state index contributed by atoms with van der Waals surface area (Å²) in [6.07, 6.45) is 2.53. The Kier molecular flexibility index (Phi) is 2.82. The largest absolute Gasteiger partial charge is 0.379 e. The van der Waals surface area contributed by atoms with E-state index in [2.05, 4.69) is 25.2 Å². The van der Waals surface area contributed by atoms with Gasteiger partial charge in [-0.3, -0.25) is 0 Å². The van der Waals surface area contributed by atoms with Crippen LogP contribution < -0.4 is 5.32 Å². The molecule has 0 amide bonds. The Morgan fingerprint density at radius 1 is 1.44 bits per heavy atom. The van der Waals surface area contributed by atoms with E-state index in [1.807, 2.05) is 12.1 Å². The molecule has 0 unspecified atom stereocenters. The number of nitrogens with zero attached hydrogens (tertiary/aromatic N) is 1. The molecule has 1 saturated carbocycles. The predicted octanol–water partition coefficient (Wildman–Crippen LogP) is 3.81. The minimum Gasteiger partial charge on any atom is -0.379 e. The summed E-state index contributed by atoms with van der Waals surface area (Å²) in [5.41, 5.74) is 1.42. The van der Waals surface area contributed by atoms with Gasteiger partial charge >= 0.3 is 0 Å². The van der Waals surface area contributed by atoms with Crippen LogP contribution in [0.4, 0.5) is 5.69 Å². The fourth-order valence-electron chi connectivity index (χ4n) is 2.00. The van der Waals surface area contributed by atoms with Crippen molar-refractivity contribution < 1.29 is 0 Å². The lowest BCUT2D eigenvalue weighted by atomic mass is 9.97. The summed E-state index contributed by atoms with van der Waals surface area (Å²) in [7, 11) is 0. The van der Waals surface area contributed by atoms with E-state index in [0.29, 0.717) is 16.5 Å². The van der Waals surface area contributed by atoms with Gasteiger partial charge in [0.2, 0.25) is 0 Å². The average Bonchev–Trinajstić information content (AvgIpc) is 3.00. The van der Waals surface area contributed by atoms with Crippen molar-refractivity contribution in [1.82, 2.24) is 0 Å². The Labute approximate surface area is 101 Å². The van der Waals surface area contributed by atoms with Gasteiger partial charge in [-0.25, -0.2) is 0 Å². The van der Waals surface area contributed by atoms with E-state index in [-0.39, 0.29) is 5.54 Å². The molecule has 0 heterocycles. The van der Waals surface area contributed by atoms with Crippen LogP contribution in [0.1, 0.15) is 32.3 Å². The zero-order chi connectivity index (χ0) is 11.8. The van der Waals surface area contributed by atoms with Gasteiger partial charge in [0.15, 0.2) is 0 Å². The van der Waals surface area contributed by atoms with Crippen molar-refractivity contribution in [2.45, 2.75) is 32.2 Å². The first-order chi connectivity index (χ1) is 7.54. The van der Waals surface area contributed by atoms with Gasteiger partial charge in [0.1, 0.15) is 6.07 Å². The van der Waals surface area contributed by atoms with Gasteiger partial charge in [-0.2, -0.15) is 5.26 Å². The highest BCUT2D eigenvalue weighted by molar-refractivity contribution is 6.32. The van der Waals surface area contributed by atoms with E-state index < -0.39 is 0 Å². The molecule has 2 nitrogen and oxygen atoms in total. The molecule has 0 saturated heterocycles. The number of anilines is 1. The lowest BCUT2D eigenvalue weighted by molar-refractivity contribution is 0.494. The first-order valence-electron chi connectivity index (χ1n) is 5.51. The maximum atomic E-state index is 9.08. The Morgan fingerprint density at radius 3 is 2.69 bits per heavy atom. The van der Waals surface area contributed by atoms with Crippen LogP contribution in [0.25, 0.3) is 0 Å². The predicted molar refractivity (Wildman–Crippen MR) is 66.6 cm³/mol. The average molecular weight is 235 g/mol. The van der Waals surface area contributed by atoms with E-state index in [1.165, 1.54) is 12.8 Å². The molecule has 1 aliphatic carbocycles. The Hall–Kier alpha value is -1.20. The molecule has 3 heteroatoms. The quantitative estimate of drug-likeness (QED) is 0.863. The second kappa shape index (κ2) is 3.99. The summed E-state index contributed by atoms with van der Waals surface area (Å²) in [6, 6.07) is 7.68. The van der Waals surface area contributed by atoms with Crippen LogP contribution in [0.5, 0.6) is 0 Å². The number of benzene rings is 1. The highest BCUT2D eigenvalue weighted by Gasteiger charge is 2.37. The Morgan fingerprint density at radius 2 is 2.12 bits per heavy atom. The Bertz CT molecular complexity index is 442. The minimum absolute atomic E-state index is 0.0380. The molecular formula is C13H15ClN2. The van der Waals surface area contributed by atoms with Gasteiger partial charge in [-0.15, -0.1) is 0 Å². The topological polar surface area (TPSA) is 35.8 Å². The third kappa shape index (κ3) is 2.15. The molecule has 1 aromatic carbocycles. The smallest absolute Gasteiger partial charge is 0.103 e. The summed E-state index contributed by atoms with van der Waals surface area (Å²) < 4.78 is 0. The summed E-state index contributed by atoms with van der Waals surface area (Å²) in [5, 5.41) is 13.0. The lowest BCUT2D eigenvalue weighted by Crippen LogP contribution is -2.33. The standard InChI is InChI=1S/C13H15ClN2/c1-13(2,9-6-7-9)16-12-5-3-4-11(14)10(12)8-15/h3-5,9,16H,6-7H2,1-2H3. The molecule has 0 atom stereocenters.